The molecule has 1 N–H and O–H groups in total. The third-order valence-corrected chi connectivity index (χ3v) is 3.01. The molecule has 0 aliphatic rings. The van der Waals surface area contributed by atoms with Gasteiger partial charge in [0.2, 0.25) is 0 Å². The van der Waals surface area contributed by atoms with E-state index in [1.807, 2.05) is 0 Å². The van der Waals surface area contributed by atoms with E-state index in [2.05, 4.69) is 60.2 Å². The molecule has 0 aromatic heterocycles. The van der Waals surface area contributed by atoms with Crippen LogP contribution in [0.2, 0.25) is 0 Å². The molecule has 1 aromatic carbocycles. The van der Waals surface area contributed by atoms with Crippen LogP contribution in [-0.2, 0) is 4.74 Å². The molecule has 0 saturated carbocycles. The second kappa shape index (κ2) is 7.85. The lowest BCUT2D eigenvalue weighted by atomic mass is 10.1. The van der Waals surface area contributed by atoms with Gasteiger partial charge >= 0.3 is 0 Å². The number of hydrogen-bond acceptors (Lipinski definition) is 2. The van der Waals surface area contributed by atoms with Crippen LogP contribution in [0.4, 0.5) is 0 Å². The van der Waals surface area contributed by atoms with Crippen LogP contribution in [0.5, 0.6) is 0 Å². The van der Waals surface area contributed by atoms with E-state index >= 15 is 0 Å². The van der Waals surface area contributed by atoms with Gasteiger partial charge in [-0.15, -0.1) is 0 Å². The zero-order chi connectivity index (χ0) is 12.7. The fourth-order valence-electron chi connectivity index (χ4n) is 1.83. The van der Waals surface area contributed by atoms with Gasteiger partial charge in [-0.3, -0.25) is 0 Å². The van der Waals surface area contributed by atoms with Gasteiger partial charge in [-0.05, 0) is 43.1 Å². The Kier molecular flexibility index (Phi) is 6.78. The van der Waals surface area contributed by atoms with Gasteiger partial charge in [0.25, 0.3) is 0 Å². The molecule has 17 heavy (non-hydrogen) atoms. The number of benzene rings is 1. The summed E-state index contributed by atoms with van der Waals surface area (Å²) in [4.78, 5) is 0. The van der Waals surface area contributed by atoms with Crippen molar-refractivity contribution < 1.29 is 4.74 Å². The van der Waals surface area contributed by atoms with Crippen LogP contribution in [0.3, 0.4) is 0 Å². The van der Waals surface area contributed by atoms with Gasteiger partial charge in [-0.2, -0.15) is 0 Å². The molecule has 0 saturated heterocycles. The quantitative estimate of drug-likeness (QED) is 0.773. The van der Waals surface area contributed by atoms with Gasteiger partial charge in [0.1, 0.15) is 0 Å². The second-order valence-corrected chi connectivity index (χ2v) is 5.16. The molecule has 0 aliphatic heterocycles. The van der Waals surface area contributed by atoms with Gasteiger partial charge in [-0.1, -0.05) is 35.8 Å². The van der Waals surface area contributed by atoms with Crippen LogP contribution in [0, 0.1) is 6.92 Å². The number of hydrogen-bond donors (Lipinski definition) is 1. The predicted octanol–water partition coefficient (Wildman–Crippen LogP) is 3.83. The van der Waals surface area contributed by atoms with Crippen molar-refractivity contribution in [3.63, 3.8) is 0 Å². The van der Waals surface area contributed by atoms with Gasteiger partial charge in [0.05, 0.1) is 12.6 Å². The van der Waals surface area contributed by atoms with Gasteiger partial charge in [0.15, 0.2) is 0 Å². The zero-order valence-corrected chi connectivity index (χ0v) is 12.5. The maximum Gasteiger partial charge on any atom is 0.0661 e. The molecular formula is C14H22BrNO. The van der Waals surface area contributed by atoms with Crippen molar-refractivity contribution in [1.29, 1.82) is 0 Å². The van der Waals surface area contributed by atoms with Gasteiger partial charge < -0.3 is 10.1 Å². The zero-order valence-electron chi connectivity index (χ0n) is 10.9. The Morgan fingerprint density at radius 3 is 2.65 bits per heavy atom. The summed E-state index contributed by atoms with van der Waals surface area (Å²) in [7, 11) is 0. The minimum Gasteiger partial charge on any atom is -0.379 e. The van der Waals surface area contributed by atoms with Crippen LogP contribution in [0.1, 0.15) is 37.4 Å². The van der Waals surface area contributed by atoms with Gasteiger partial charge in [-0.25, -0.2) is 0 Å². The van der Waals surface area contributed by atoms with E-state index in [-0.39, 0.29) is 6.04 Å². The Bertz CT molecular complexity index is 321. The third kappa shape index (κ3) is 5.19. The van der Waals surface area contributed by atoms with E-state index in [4.69, 9.17) is 4.74 Å². The van der Waals surface area contributed by atoms with Crippen LogP contribution < -0.4 is 5.32 Å². The van der Waals surface area contributed by atoms with Crippen LogP contribution >= 0.6 is 15.9 Å². The Hall–Kier alpha value is -0.380. The maximum absolute atomic E-state index is 5.65. The van der Waals surface area contributed by atoms with Crippen LogP contribution in [-0.4, -0.2) is 19.8 Å². The molecule has 2 nitrogen and oxygen atoms in total. The van der Waals surface area contributed by atoms with Crippen molar-refractivity contribution in [2.45, 2.75) is 33.2 Å². The fourth-order valence-corrected chi connectivity index (χ4v) is 2.46. The summed E-state index contributed by atoms with van der Waals surface area (Å²) in [5, 5.41) is 3.47. The molecule has 0 fully saturated rings. The van der Waals surface area contributed by atoms with Crippen molar-refractivity contribution in [3.8, 4) is 0 Å². The summed E-state index contributed by atoms with van der Waals surface area (Å²) in [5.41, 5.74) is 2.56. The number of halogens is 1. The maximum atomic E-state index is 5.65. The molecule has 0 aliphatic carbocycles. The summed E-state index contributed by atoms with van der Waals surface area (Å²) in [6.45, 7) is 8.88. The van der Waals surface area contributed by atoms with E-state index in [0.717, 1.165) is 30.7 Å². The second-order valence-electron chi connectivity index (χ2n) is 4.25. The monoisotopic (exact) mass is 299 g/mol. The average Bonchev–Trinajstić information content (AvgIpc) is 2.27. The molecule has 0 spiro atoms. The number of rotatable bonds is 7. The van der Waals surface area contributed by atoms with Crippen molar-refractivity contribution in [3.05, 3.63) is 33.8 Å². The first-order valence-electron chi connectivity index (χ1n) is 6.25. The van der Waals surface area contributed by atoms with Crippen molar-refractivity contribution in [2.75, 3.05) is 19.8 Å². The van der Waals surface area contributed by atoms with E-state index in [1.165, 1.54) is 11.1 Å². The van der Waals surface area contributed by atoms with Crippen molar-refractivity contribution >= 4 is 15.9 Å². The molecule has 0 heterocycles. The summed E-state index contributed by atoms with van der Waals surface area (Å²) < 4.78 is 6.78. The molecule has 1 atom stereocenters. The number of nitrogens with one attached hydrogen (secondary N) is 1. The predicted molar refractivity (Wildman–Crippen MR) is 76.4 cm³/mol. The van der Waals surface area contributed by atoms with E-state index < -0.39 is 0 Å². The van der Waals surface area contributed by atoms with Crippen LogP contribution in [0.15, 0.2) is 22.7 Å². The SMILES string of the molecule is CCCOCC(NCC)c1cc(C)cc(Br)c1. The van der Waals surface area contributed by atoms with Crippen LogP contribution in [0.25, 0.3) is 0 Å². The highest BCUT2D eigenvalue weighted by Crippen LogP contribution is 2.21. The summed E-state index contributed by atoms with van der Waals surface area (Å²) in [6, 6.07) is 6.78. The smallest absolute Gasteiger partial charge is 0.0661 e. The molecule has 1 rings (SSSR count). The highest BCUT2D eigenvalue weighted by atomic mass is 79.9. The standard InChI is InChI=1S/C14H22BrNO/c1-4-6-17-10-14(16-5-2)12-7-11(3)8-13(15)9-12/h7-9,14,16H,4-6,10H2,1-3H3. The van der Waals surface area contributed by atoms with E-state index in [0.29, 0.717) is 0 Å². The molecular weight excluding hydrogens is 278 g/mol. The lowest BCUT2D eigenvalue weighted by Gasteiger charge is -2.19. The van der Waals surface area contributed by atoms with Crippen molar-refractivity contribution in [2.24, 2.45) is 0 Å². The normalized spacial score (nSPS) is 12.7. The van der Waals surface area contributed by atoms with Gasteiger partial charge in [0, 0.05) is 11.1 Å². The Morgan fingerprint density at radius 1 is 1.29 bits per heavy atom. The first-order valence-corrected chi connectivity index (χ1v) is 7.04. The first-order chi connectivity index (χ1) is 8.17. The minimum atomic E-state index is 0.280. The third-order valence-electron chi connectivity index (χ3n) is 2.55. The fraction of sp³-hybridized carbons (Fsp3) is 0.571. The Morgan fingerprint density at radius 2 is 2.06 bits per heavy atom. The summed E-state index contributed by atoms with van der Waals surface area (Å²) in [6.07, 6.45) is 1.07. The molecule has 0 bridgehead atoms. The minimum absolute atomic E-state index is 0.280. The molecule has 0 radical (unpaired) electrons. The molecule has 3 heteroatoms. The Labute approximate surface area is 113 Å². The summed E-state index contributed by atoms with van der Waals surface area (Å²) >= 11 is 3.55. The lowest BCUT2D eigenvalue weighted by Crippen LogP contribution is -2.25. The Balaban J connectivity index is 2.73. The number of aryl methyl sites for hydroxylation is 1. The molecule has 0 amide bonds. The topological polar surface area (TPSA) is 21.3 Å². The lowest BCUT2D eigenvalue weighted by molar-refractivity contribution is 0.112. The molecule has 1 aromatic rings. The summed E-state index contributed by atoms with van der Waals surface area (Å²) in [5.74, 6) is 0. The van der Waals surface area contributed by atoms with E-state index in [1.54, 1.807) is 0 Å². The largest absolute Gasteiger partial charge is 0.379 e. The highest BCUT2D eigenvalue weighted by Gasteiger charge is 2.11. The number of ether oxygens (including phenoxy) is 1. The highest BCUT2D eigenvalue weighted by molar-refractivity contribution is 9.10. The molecule has 96 valence electrons. The van der Waals surface area contributed by atoms with E-state index in [9.17, 15) is 0 Å². The van der Waals surface area contributed by atoms with Crippen molar-refractivity contribution in [1.82, 2.24) is 5.32 Å². The number of likely N-dealkylation sites (N-methyl/N-ethyl adjacent to an activating group) is 1. The average molecular weight is 300 g/mol. The molecule has 1 unspecified atom stereocenters. The first kappa shape index (κ1) is 14.7.